The molecule has 1 aromatic heterocycles. The first kappa shape index (κ1) is 13.9. The Balaban J connectivity index is 2.24. The molecule has 0 fully saturated rings. The molecule has 2 aromatic rings. The van der Waals surface area contributed by atoms with Gasteiger partial charge in [-0.3, -0.25) is 0 Å². The van der Waals surface area contributed by atoms with Crippen LogP contribution in [0.5, 0.6) is 17.5 Å². The first-order valence-electron chi connectivity index (χ1n) is 5.42. The number of alkyl halides is 3. The lowest BCUT2D eigenvalue weighted by Gasteiger charge is -2.09. The maximum atomic E-state index is 12.5. The molecule has 0 aliphatic heterocycles. The van der Waals surface area contributed by atoms with Crippen molar-refractivity contribution in [1.29, 1.82) is 0 Å². The van der Waals surface area contributed by atoms with Gasteiger partial charge < -0.3 is 15.2 Å². The summed E-state index contributed by atoms with van der Waals surface area (Å²) in [5.41, 5.74) is 4.87. The van der Waals surface area contributed by atoms with Gasteiger partial charge in [-0.25, -0.2) is 4.98 Å². The monoisotopic (exact) mass is 285 g/mol. The predicted octanol–water partition coefficient (Wildman–Crippen LogP) is 2.88. The predicted molar refractivity (Wildman–Crippen MR) is 64.5 cm³/mol. The second-order valence-electron chi connectivity index (χ2n) is 3.73. The number of benzene rings is 1. The number of hydrogen-bond donors (Lipinski definition) is 1. The molecule has 0 bridgehead atoms. The largest absolute Gasteiger partial charge is 0.495 e. The number of halogens is 3. The smallest absolute Gasteiger partial charge is 0.433 e. The first-order valence-corrected chi connectivity index (χ1v) is 5.42. The molecule has 0 saturated heterocycles. The SMILES string of the molecule is COc1ccc(Oc2nccc(C(F)(F)F)n2)cc1N. The van der Waals surface area contributed by atoms with E-state index in [1.807, 2.05) is 0 Å². The van der Waals surface area contributed by atoms with E-state index in [4.69, 9.17) is 15.2 Å². The maximum Gasteiger partial charge on any atom is 0.433 e. The molecule has 8 heteroatoms. The Labute approximate surface area is 112 Å². The quantitative estimate of drug-likeness (QED) is 0.878. The van der Waals surface area contributed by atoms with Gasteiger partial charge in [0.1, 0.15) is 11.5 Å². The molecule has 106 valence electrons. The van der Waals surface area contributed by atoms with Crippen molar-refractivity contribution in [3.8, 4) is 17.5 Å². The van der Waals surface area contributed by atoms with Crippen molar-refractivity contribution in [2.75, 3.05) is 12.8 Å². The maximum absolute atomic E-state index is 12.5. The molecule has 2 N–H and O–H groups in total. The van der Waals surface area contributed by atoms with Crippen LogP contribution in [-0.4, -0.2) is 17.1 Å². The van der Waals surface area contributed by atoms with E-state index in [1.165, 1.54) is 25.3 Å². The summed E-state index contributed by atoms with van der Waals surface area (Å²) >= 11 is 0. The van der Waals surface area contributed by atoms with Gasteiger partial charge in [-0.15, -0.1) is 0 Å². The van der Waals surface area contributed by atoms with Gasteiger partial charge in [-0.2, -0.15) is 18.2 Å². The molecule has 0 atom stereocenters. The fourth-order valence-electron chi connectivity index (χ4n) is 1.43. The number of nitrogens with two attached hydrogens (primary N) is 1. The van der Waals surface area contributed by atoms with Crippen molar-refractivity contribution in [3.63, 3.8) is 0 Å². The summed E-state index contributed by atoms with van der Waals surface area (Å²) in [6.45, 7) is 0. The number of nitrogen functional groups attached to an aromatic ring is 1. The van der Waals surface area contributed by atoms with E-state index in [0.29, 0.717) is 5.75 Å². The van der Waals surface area contributed by atoms with E-state index in [9.17, 15) is 13.2 Å². The van der Waals surface area contributed by atoms with Gasteiger partial charge in [0.25, 0.3) is 0 Å². The highest BCUT2D eigenvalue weighted by Crippen LogP contribution is 2.30. The summed E-state index contributed by atoms with van der Waals surface area (Å²) in [5.74, 6) is 0.643. The van der Waals surface area contributed by atoms with Crippen LogP contribution < -0.4 is 15.2 Å². The Morgan fingerprint density at radius 2 is 1.95 bits per heavy atom. The highest BCUT2D eigenvalue weighted by atomic mass is 19.4. The molecular weight excluding hydrogens is 275 g/mol. The van der Waals surface area contributed by atoms with Crippen molar-refractivity contribution in [2.45, 2.75) is 6.18 Å². The Kier molecular flexibility index (Phi) is 3.64. The molecule has 0 unspecified atom stereocenters. The van der Waals surface area contributed by atoms with E-state index in [0.717, 1.165) is 12.3 Å². The molecule has 0 amide bonds. The van der Waals surface area contributed by atoms with E-state index in [-0.39, 0.29) is 11.4 Å². The third kappa shape index (κ3) is 3.08. The van der Waals surface area contributed by atoms with Gasteiger partial charge in [-0.05, 0) is 18.2 Å². The third-order valence-electron chi connectivity index (χ3n) is 2.33. The Hall–Kier alpha value is -2.51. The Morgan fingerprint density at radius 1 is 1.20 bits per heavy atom. The van der Waals surface area contributed by atoms with E-state index in [1.54, 1.807) is 0 Å². The summed E-state index contributed by atoms with van der Waals surface area (Å²) in [6.07, 6.45) is -3.59. The van der Waals surface area contributed by atoms with Crippen molar-refractivity contribution in [1.82, 2.24) is 9.97 Å². The minimum atomic E-state index is -4.56. The summed E-state index contributed by atoms with van der Waals surface area (Å²) in [7, 11) is 1.45. The lowest BCUT2D eigenvalue weighted by molar-refractivity contribution is -0.141. The molecular formula is C12H10F3N3O2. The fraction of sp³-hybridized carbons (Fsp3) is 0.167. The normalized spacial score (nSPS) is 11.2. The van der Waals surface area contributed by atoms with Crippen molar-refractivity contribution in [3.05, 3.63) is 36.2 Å². The number of aromatic nitrogens is 2. The average Bonchev–Trinajstić information content (AvgIpc) is 2.38. The zero-order valence-corrected chi connectivity index (χ0v) is 10.3. The minimum absolute atomic E-state index is 0.211. The molecule has 1 heterocycles. The lowest BCUT2D eigenvalue weighted by Crippen LogP contribution is -2.08. The Morgan fingerprint density at radius 3 is 2.55 bits per heavy atom. The fourth-order valence-corrected chi connectivity index (χ4v) is 1.43. The average molecular weight is 285 g/mol. The van der Waals surface area contributed by atoms with Crippen molar-refractivity contribution < 1.29 is 22.6 Å². The molecule has 0 spiro atoms. The molecule has 1 aromatic carbocycles. The lowest BCUT2D eigenvalue weighted by atomic mass is 10.3. The number of methoxy groups -OCH3 is 1. The van der Waals surface area contributed by atoms with E-state index < -0.39 is 17.9 Å². The molecule has 0 saturated carbocycles. The number of nitrogens with zero attached hydrogens (tertiary/aromatic N) is 2. The van der Waals surface area contributed by atoms with Crippen LogP contribution >= 0.6 is 0 Å². The number of anilines is 1. The summed E-state index contributed by atoms with van der Waals surface area (Å²) in [5, 5.41) is 0. The van der Waals surface area contributed by atoms with Crippen LogP contribution in [0.3, 0.4) is 0 Å². The topological polar surface area (TPSA) is 70.3 Å². The van der Waals surface area contributed by atoms with Crippen LogP contribution in [0.4, 0.5) is 18.9 Å². The van der Waals surface area contributed by atoms with Crippen LogP contribution in [0.2, 0.25) is 0 Å². The van der Waals surface area contributed by atoms with Gasteiger partial charge >= 0.3 is 12.2 Å². The molecule has 0 aliphatic carbocycles. The van der Waals surface area contributed by atoms with Gasteiger partial charge in [0.05, 0.1) is 12.8 Å². The molecule has 5 nitrogen and oxygen atoms in total. The summed E-state index contributed by atoms with van der Waals surface area (Å²) < 4.78 is 47.6. The summed E-state index contributed by atoms with van der Waals surface area (Å²) in [4.78, 5) is 6.90. The number of rotatable bonds is 3. The second kappa shape index (κ2) is 5.24. The molecule has 2 rings (SSSR count). The van der Waals surface area contributed by atoms with Crippen LogP contribution in [0.15, 0.2) is 30.5 Å². The van der Waals surface area contributed by atoms with E-state index >= 15 is 0 Å². The molecule has 0 radical (unpaired) electrons. The van der Waals surface area contributed by atoms with Crippen LogP contribution in [0, 0.1) is 0 Å². The zero-order chi connectivity index (χ0) is 14.8. The third-order valence-corrected chi connectivity index (χ3v) is 2.33. The van der Waals surface area contributed by atoms with E-state index in [2.05, 4.69) is 9.97 Å². The van der Waals surface area contributed by atoms with Crippen LogP contribution in [-0.2, 0) is 6.18 Å². The van der Waals surface area contributed by atoms with Gasteiger partial charge in [0, 0.05) is 12.3 Å². The van der Waals surface area contributed by atoms with Gasteiger partial charge in [0.2, 0.25) is 0 Å². The highest BCUT2D eigenvalue weighted by molar-refractivity contribution is 5.56. The highest BCUT2D eigenvalue weighted by Gasteiger charge is 2.33. The zero-order valence-electron chi connectivity index (χ0n) is 10.3. The Bertz CT molecular complexity index is 617. The van der Waals surface area contributed by atoms with Crippen LogP contribution in [0.25, 0.3) is 0 Å². The van der Waals surface area contributed by atoms with Gasteiger partial charge in [-0.1, -0.05) is 0 Å². The van der Waals surface area contributed by atoms with Crippen LogP contribution in [0.1, 0.15) is 5.69 Å². The standard InChI is InChI=1S/C12H10F3N3O2/c1-19-9-3-2-7(6-8(9)16)20-11-17-5-4-10(18-11)12(13,14)15/h2-6H,16H2,1H3. The second-order valence-corrected chi connectivity index (χ2v) is 3.73. The molecule has 20 heavy (non-hydrogen) atoms. The molecule has 0 aliphatic rings. The number of ether oxygens (including phenoxy) is 2. The summed E-state index contributed by atoms with van der Waals surface area (Å²) in [6, 6.07) is 4.76. The van der Waals surface area contributed by atoms with Crippen molar-refractivity contribution >= 4 is 5.69 Å². The first-order chi connectivity index (χ1) is 9.40. The van der Waals surface area contributed by atoms with Gasteiger partial charge in [0.15, 0.2) is 5.69 Å². The number of hydrogen-bond acceptors (Lipinski definition) is 5. The van der Waals surface area contributed by atoms with Crippen molar-refractivity contribution in [2.24, 2.45) is 0 Å². The minimum Gasteiger partial charge on any atom is -0.495 e.